The van der Waals surface area contributed by atoms with Gasteiger partial charge in [-0.15, -0.1) is 0 Å². The molecule has 2 aromatic carbocycles. The van der Waals surface area contributed by atoms with E-state index in [2.05, 4.69) is 0 Å². The van der Waals surface area contributed by atoms with Crippen LogP contribution in [0.15, 0.2) is 48.5 Å². The van der Waals surface area contributed by atoms with Crippen LogP contribution in [0.25, 0.3) is 0 Å². The molecule has 0 bridgehead atoms. The summed E-state index contributed by atoms with van der Waals surface area (Å²) in [6.45, 7) is 2.54. The third-order valence-electron chi connectivity index (χ3n) is 4.07. The van der Waals surface area contributed by atoms with Gasteiger partial charge in [0.15, 0.2) is 0 Å². The Labute approximate surface area is 140 Å². The highest BCUT2D eigenvalue weighted by molar-refractivity contribution is 6.30. The van der Waals surface area contributed by atoms with Crippen LogP contribution in [0.4, 0.5) is 5.69 Å². The lowest BCUT2D eigenvalue weighted by molar-refractivity contribution is -0.121. The van der Waals surface area contributed by atoms with Gasteiger partial charge in [0, 0.05) is 10.7 Å². The summed E-state index contributed by atoms with van der Waals surface area (Å²) in [7, 11) is 0. The zero-order chi connectivity index (χ0) is 16.4. The van der Waals surface area contributed by atoms with Gasteiger partial charge in [-0.05, 0) is 42.0 Å². The van der Waals surface area contributed by atoms with E-state index in [0.717, 1.165) is 17.0 Å². The van der Waals surface area contributed by atoms with Gasteiger partial charge in [-0.25, -0.2) is 0 Å². The van der Waals surface area contributed by atoms with Gasteiger partial charge in [-0.2, -0.15) is 0 Å². The molecule has 3 rings (SSSR count). The maximum absolute atomic E-state index is 12.1. The first kappa shape index (κ1) is 15.8. The highest BCUT2D eigenvalue weighted by atomic mass is 35.5. The number of amides is 1. The van der Waals surface area contributed by atoms with Crippen LogP contribution in [0.2, 0.25) is 5.02 Å². The number of rotatable bonds is 4. The summed E-state index contributed by atoms with van der Waals surface area (Å²) >= 11 is 5.85. The fourth-order valence-corrected chi connectivity index (χ4v) is 2.67. The van der Waals surface area contributed by atoms with Crippen molar-refractivity contribution in [2.24, 2.45) is 5.92 Å². The number of anilines is 1. The van der Waals surface area contributed by atoms with E-state index in [-0.39, 0.29) is 11.8 Å². The highest BCUT2D eigenvalue weighted by Gasteiger charge is 2.36. The van der Waals surface area contributed by atoms with Gasteiger partial charge < -0.3 is 14.7 Å². The Morgan fingerprint density at radius 1 is 1.17 bits per heavy atom. The van der Waals surface area contributed by atoms with Crippen LogP contribution in [0, 0.1) is 5.92 Å². The van der Waals surface area contributed by atoms with Gasteiger partial charge in [0.1, 0.15) is 12.4 Å². The lowest BCUT2D eigenvalue weighted by atomic mass is 10.1. The molecule has 1 N–H and O–H groups in total. The summed E-state index contributed by atoms with van der Waals surface area (Å²) in [5.41, 5.74) is 1.81. The smallest absolute Gasteiger partial charge is 0.232 e. The number of nitrogens with zero attached hydrogens (tertiary/aromatic N) is 1. The second-order valence-corrected chi connectivity index (χ2v) is 6.15. The summed E-state index contributed by atoms with van der Waals surface area (Å²) in [6.07, 6.45) is -0.608. The van der Waals surface area contributed by atoms with Crippen molar-refractivity contribution in [2.45, 2.75) is 19.6 Å². The van der Waals surface area contributed by atoms with Crippen molar-refractivity contribution in [2.75, 3.05) is 11.4 Å². The molecule has 0 aromatic heterocycles. The monoisotopic (exact) mass is 331 g/mol. The largest absolute Gasteiger partial charge is 0.489 e. The number of benzene rings is 2. The number of β-amino-alcohol motifs (C(OH)–C–C–N with tert-alkyl or cyclic N) is 1. The molecular weight excluding hydrogens is 314 g/mol. The Kier molecular flexibility index (Phi) is 4.55. The Bertz CT molecular complexity index is 684. The van der Waals surface area contributed by atoms with Gasteiger partial charge in [-0.3, -0.25) is 4.79 Å². The fraction of sp³-hybridized carbons (Fsp3) is 0.278. The van der Waals surface area contributed by atoms with E-state index in [4.69, 9.17) is 16.3 Å². The van der Waals surface area contributed by atoms with Crippen LogP contribution in [-0.2, 0) is 11.4 Å². The van der Waals surface area contributed by atoms with Gasteiger partial charge >= 0.3 is 0 Å². The molecule has 2 unspecified atom stereocenters. The maximum Gasteiger partial charge on any atom is 0.232 e. The Balaban J connectivity index is 1.63. The van der Waals surface area contributed by atoms with Crippen LogP contribution in [0.5, 0.6) is 5.75 Å². The second-order valence-electron chi connectivity index (χ2n) is 5.71. The van der Waals surface area contributed by atoms with E-state index in [9.17, 15) is 9.90 Å². The molecule has 0 saturated carbocycles. The SMILES string of the molecule is CC1C(=O)N(c2ccc(OCc3ccc(Cl)cc3)cc2)CC1O. The highest BCUT2D eigenvalue weighted by Crippen LogP contribution is 2.27. The third kappa shape index (κ3) is 3.49. The summed E-state index contributed by atoms with van der Waals surface area (Å²) in [4.78, 5) is 13.7. The summed E-state index contributed by atoms with van der Waals surface area (Å²) in [5.74, 6) is 0.326. The van der Waals surface area contributed by atoms with Crippen molar-refractivity contribution in [3.05, 3.63) is 59.1 Å². The lowest BCUT2D eigenvalue weighted by Gasteiger charge is -2.16. The number of carbonyl (C=O) groups is 1. The Morgan fingerprint density at radius 3 is 2.39 bits per heavy atom. The minimum absolute atomic E-state index is 0.0488. The molecule has 1 aliphatic heterocycles. The van der Waals surface area contributed by atoms with Crippen molar-refractivity contribution in [1.29, 1.82) is 0 Å². The van der Waals surface area contributed by atoms with E-state index >= 15 is 0 Å². The molecule has 1 fully saturated rings. The van der Waals surface area contributed by atoms with Crippen molar-refractivity contribution in [3.8, 4) is 5.75 Å². The standard InChI is InChI=1S/C18H18ClNO3/c1-12-17(21)10-20(18(12)22)15-6-8-16(9-7-15)23-11-13-2-4-14(19)5-3-13/h2-9,12,17,21H,10-11H2,1H3. The van der Waals surface area contributed by atoms with Crippen LogP contribution in [-0.4, -0.2) is 23.7 Å². The van der Waals surface area contributed by atoms with Crippen molar-refractivity contribution >= 4 is 23.2 Å². The van der Waals surface area contributed by atoms with E-state index in [0.29, 0.717) is 18.2 Å². The average Bonchev–Trinajstić information content (AvgIpc) is 2.82. The molecule has 2 atom stereocenters. The quantitative estimate of drug-likeness (QED) is 0.935. The van der Waals surface area contributed by atoms with Gasteiger partial charge in [0.2, 0.25) is 5.91 Å². The van der Waals surface area contributed by atoms with Gasteiger partial charge in [-0.1, -0.05) is 30.7 Å². The number of hydrogen-bond donors (Lipinski definition) is 1. The molecule has 1 amide bonds. The van der Waals surface area contributed by atoms with Crippen molar-refractivity contribution in [1.82, 2.24) is 0 Å². The number of ether oxygens (including phenoxy) is 1. The summed E-state index contributed by atoms with van der Waals surface area (Å²) in [5, 5.41) is 10.5. The Morgan fingerprint density at radius 2 is 1.83 bits per heavy atom. The molecule has 0 aliphatic carbocycles. The number of hydrogen-bond acceptors (Lipinski definition) is 3. The fourth-order valence-electron chi connectivity index (χ4n) is 2.55. The van der Waals surface area contributed by atoms with E-state index in [1.165, 1.54) is 0 Å². The summed E-state index contributed by atoms with van der Waals surface area (Å²) < 4.78 is 5.72. The topological polar surface area (TPSA) is 49.8 Å². The second kappa shape index (κ2) is 6.60. The molecule has 0 spiro atoms. The minimum Gasteiger partial charge on any atom is -0.489 e. The molecule has 1 aliphatic rings. The molecule has 5 heteroatoms. The first-order chi connectivity index (χ1) is 11.0. The normalized spacial score (nSPS) is 20.8. The predicted octanol–water partition coefficient (Wildman–Crippen LogP) is 3.26. The first-order valence-corrected chi connectivity index (χ1v) is 7.89. The lowest BCUT2D eigenvalue weighted by Crippen LogP contribution is -2.26. The molecule has 23 heavy (non-hydrogen) atoms. The van der Waals surface area contributed by atoms with E-state index < -0.39 is 6.10 Å². The van der Waals surface area contributed by atoms with Crippen molar-refractivity contribution in [3.63, 3.8) is 0 Å². The number of halogens is 1. The van der Waals surface area contributed by atoms with Crippen LogP contribution < -0.4 is 9.64 Å². The number of carbonyl (C=O) groups excluding carboxylic acids is 1. The number of aliphatic hydroxyl groups excluding tert-OH is 1. The molecule has 1 heterocycles. The first-order valence-electron chi connectivity index (χ1n) is 7.51. The molecule has 0 radical (unpaired) electrons. The van der Waals surface area contributed by atoms with Crippen LogP contribution >= 0.6 is 11.6 Å². The Hall–Kier alpha value is -2.04. The van der Waals surface area contributed by atoms with E-state index in [1.807, 2.05) is 48.5 Å². The van der Waals surface area contributed by atoms with E-state index in [1.54, 1.807) is 11.8 Å². The van der Waals surface area contributed by atoms with Crippen molar-refractivity contribution < 1.29 is 14.6 Å². The molecular formula is C18H18ClNO3. The van der Waals surface area contributed by atoms with Gasteiger partial charge in [0.25, 0.3) is 0 Å². The zero-order valence-corrected chi connectivity index (χ0v) is 13.5. The van der Waals surface area contributed by atoms with Crippen LogP contribution in [0.3, 0.4) is 0 Å². The maximum atomic E-state index is 12.1. The zero-order valence-electron chi connectivity index (χ0n) is 12.8. The predicted molar refractivity (Wildman–Crippen MR) is 89.7 cm³/mol. The molecule has 1 saturated heterocycles. The molecule has 4 nitrogen and oxygen atoms in total. The average molecular weight is 332 g/mol. The third-order valence-corrected chi connectivity index (χ3v) is 4.32. The number of aliphatic hydroxyl groups is 1. The van der Waals surface area contributed by atoms with Gasteiger partial charge in [0.05, 0.1) is 18.6 Å². The minimum atomic E-state index is -0.608. The molecule has 120 valence electrons. The molecule has 2 aromatic rings. The summed E-state index contributed by atoms with van der Waals surface area (Å²) in [6, 6.07) is 14.8. The van der Waals surface area contributed by atoms with Crippen LogP contribution in [0.1, 0.15) is 12.5 Å².